The van der Waals surface area contributed by atoms with E-state index in [1.165, 1.54) is 19.1 Å². The minimum absolute atomic E-state index is 0.0178. The van der Waals surface area contributed by atoms with Crippen molar-refractivity contribution in [1.29, 1.82) is 0 Å². The van der Waals surface area contributed by atoms with Gasteiger partial charge in [0.25, 0.3) is 10.1 Å². The Hall–Kier alpha value is -1.40. The van der Waals surface area contributed by atoms with Crippen LogP contribution in [0.2, 0.25) is 0 Å². The maximum atomic E-state index is 11.8. The van der Waals surface area contributed by atoms with Gasteiger partial charge in [-0.3, -0.25) is 4.18 Å². The lowest BCUT2D eigenvalue weighted by Gasteiger charge is -2.11. The average molecular weight is 272 g/mol. The van der Waals surface area contributed by atoms with Crippen LogP contribution in [-0.4, -0.2) is 27.1 Å². The SMILES string of the molecule is CCOC(=O)C(C)OS(=O)(=O)c1ccc(C)cc1. The molecule has 0 aliphatic heterocycles. The molecule has 1 atom stereocenters. The zero-order valence-corrected chi connectivity index (χ0v) is 11.4. The highest BCUT2D eigenvalue weighted by Crippen LogP contribution is 2.15. The van der Waals surface area contributed by atoms with Crippen LogP contribution in [0, 0.1) is 6.92 Å². The van der Waals surface area contributed by atoms with Gasteiger partial charge in [-0.15, -0.1) is 0 Å². The fourth-order valence-electron chi connectivity index (χ4n) is 1.25. The summed E-state index contributed by atoms with van der Waals surface area (Å²) in [4.78, 5) is 11.3. The van der Waals surface area contributed by atoms with Crippen LogP contribution in [0.5, 0.6) is 0 Å². The van der Waals surface area contributed by atoms with Crippen LogP contribution in [0.25, 0.3) is 0 Å². The molecule has 0 aliphatic rings. The molecule has 0 aromatic heterocycles. The number of rotatable bonds is 5. The molecule has 0 N–H and O–H groups in total. The van der Waals surface area contributed by atoms with Gasteiger partial charge >= 0.3 is 5.97 Å². The van der Waals surface area contributed by atoms with Crippen molar-refractivity contribution in [2.75, 3.05) is 6.61 Å². The summed E-state index contributed by atoms with van der Waals surface area (Å²) in [5.74, 6) is -0.701. The van der Waals surface area contributed by atoms with Crippen molar-refractivity contribution in [2.24, 2.45) is 0 Å². The van der Waals surface area contributed by atoms with Gasteiger partial charge in [0.2, 0.25) is 0 Å². The Labute approximate surface area is 107 Å². The zero-order chi connectivity index (χ0) is 13.8. The lowest BCUT2D eigenvalue weighted by molar-refractivity contribution is -0.150. The maximum Gasteiger partial charge on any atom is 0.336 e. The van der Waals surface area contributed by atoms with Crippen molar-refractivity contribution in [3.8, 4) is 0 Å². The first-order chi connectivity index (χ1) is 8.36. The van der Waals surface area contributed by atoms with E-state index in [4.69, 9.17) is 4.18 Å². The summed E-state index contributed by atoms with van der Waals surface area (Å²) in [6.07, 6.45) is -1.16. The molecule has 0 bridgehead atoms. The molecule has 1 aromatic rings. The Kier molecular flexibility index (Phi) is 4.86. The standard InChI is InChI=1S/C12H16O5S/c1-4-16-12(13)10(3)17-18(14,15)11-7-5-9(2)6-8-11/h5-8,10H,4H2,1-3H3. The molecule has 0 amide bonds. The fraction of sp³-hybridized carbons (Fsp3) is 0.417. The second-order valence-corrected chi connectivity index (χ2v) is 5.33. The molecule has 0 fully saturated rings. The number of carbonyl (C=O) groups excluding carboxylic acids is 1. The monoisotopic (exact) mass is 272 g/mol. The van der Waals surface area contributed by atoms with Gasteiger partial charge in [-0.2, -0.15) is 8.42 Å². The van der Waals surface area contributed by atoms with Gasteiger partial charge in [0.15, 0.2) is 6.10 Å². The smallest absolute Gasteiger partial charge is 0.336 e. The third kappa shape index (κ3) is 3.82. The summed E-state index contributed by atoms with van der Waals surface area (Å²) in [5.41, 5.74) is 0.937. The molecule has 0 radical (unpaired) electrons. The molecule has 0 saturated carbocycles. The van der Waals surface area contributed by atoms with E-state index < -0.39 is 22.2 Å². The number of hydrogen-bond acceptors (Lipinski definition) is 5. The third-order valence-corrected chi connectivity index (χ3v) is 3.59. The lowest BCUT2D eigenvalue weighted by atomic mass is 10.2. The molecule has 18 heavy (non-hydrogen) atoms. The quantitative estimate of drug-likeness (QED) is 0.602. The average Bonchev–Trinajstić information content (AvgIpc) is 2.29. The molecule has 100 valence electrons. The summed E-state index contributed by atoms with van der Waals surface area (Å²) in [6, 6.07) is 6.18. The third-order valence-electron chi connectivity index (χ3n) is 2.20. The van der Waals surface area contributed by atoms with E-state index in [1.807, 2.05) is 6.92 Å². The Balaban J connectivity index is 2.82. The largest absolute Gasteiger partial charge is 0.464 e. The van der Waals surface area contributed by atoms with E-state index in [-0.39, 0.29) is 11.5 Å². The van der Waals surface area contributed by atoms with Crippen molar-refractivity contribution in [3.05, 3.63) is 29.8 Å². The van der Waals surface area contributed by atoms with Crippen LogP contribution in [0.4, 0.5) is 0 Å². The number of ether oxygens (including phenoxy) is 1. The van der Waals surface area contributed by atoms with Gasteiger partial charge in [0.05, 0.1) is 11.5 Å². The van der Waals surface area contributed by atoms with Crippen molar-refractivity contribution in [1.82, 2.24) is 0 Å². The fourth-order valence-corrected chi connectivity index (χ4v) is 2.29. The first-order valence-electron chi connectivity index (χ1n) is 5.53. The van der Waals surface area contributed by atoms with Crippen LogP contribution in [0.1, 0.15) is 19.4 Å². The highest BCUT2D eigenvalue weighted by Gasteiger charge is 2.24. The Morgan fingerprint density at radius 2 is 1.83 bits per heavy atom. The van der Waals surface area contributed by atoms with Crippen molar-refractivity contribution in [3.63, 3.8) is 0 Å². The second-order valence-electron chi connectivity index (χ2n) is 3.76. The highest BCUT2D eigenvalue weighted by molar-refractivity contribution is 7.86. The molecular formula is C12H16O5S. The Bertz CT molecular complexity index is 504. The van der Waals surface area contributed by atoms with Crippen LogP contribution in [0.15, 0.2) is 29.2 Å². The summed E-state index contributed by atoms with van der Waals surface area (Å²) >= 11 is 0. The molecule has 1 aromatic carbocycles. The van der Waals surface area contributed by atoms with E-state index in [0.717, 1.165) is 5.56 Å². The summed E-state index contributed by atoms with van der Waals surface area (Å²) in [5, 5.41) is 0. The molecule has 5 nitrogen and oxygen atoms in total. The molecule has 6 heteroatoms. The molecule has 1 rings (SSSR count). The van der Waals surface area contributed by atoms with E-state index >= 15 is 0 Å². The Morgan fingerprint density at radius 1 is 1.28 bits per heavy atom. The molecule has 0 spiro atoms. The first kappa shape index (κ1) is 14.7. The van der Waals surface area contributed by atoms with Crippen molar-refractivity contribution >= 4 is 16.1 Å². The lowest BCUT2D eigenvalue weighted by Crippen LogP contribution is -2.26. The van der Waals surface area contributed by atoms with E-state index in [2.05, 4.69) is 4.74 Å². The maximum absolute atomic E-state index is 11.8. The Morgan fingerprint density at radius 3 is 2.33 bits per heavy atom. The minimum Gasteiger partial charge on any atom is -0.464 e. The number of carbonyl (C=O) groups is 1. The number of aryl methyl sites for hydroxylation is 1. The number of benzene rings is 1. The summed E-state index contributed by atoms with van der Waals surface area (Å²) in [6.45, 7) is 5.00. The molecule has 0 aliphatic carbocycles. The van der Waals surface area contributed by atoms with Gasteiger partial charge in [0, 0.05) is 0 Å². The van der Waals surface area contributed by atoms with E-state index in [1.54, 1.807) is 19.1 Å². The minimum atomic E-state index is -3.94. The topological polar surface area (TPSA) is 69.7 Å². The van der Waals surface area contributed by atoms with Crippen LogP contribution >= 0.6 is 0 Å². The number of esters is 1. The molecule has 0 heterocycles. The van der Waals surface area contributed by atoms with Gasteiger partial charge in [-0.05, 0) is 32.9 Å². The van der Waals surface area contributed by atoms with Crippen molar-refractivity contribution < 1.29 is 22.1 Å². The summed E-state index contributed by atoms with van der Waals surface area (Å²) < 4.78 is 33.1. The predicted molar refractivity (Wildman–Crippen MR) is 65.5 cm³/mol. The zero-order valence-electron chi connectivity index (χ0n) is 10.5. The first-order valence-corrected chi connectivity index (χ1v) is 6.94. The molecular weight excluding hydrogens is 256 g/mol. The highest BCUT2D eigenvalue weighted by atomic mass is 32.2. The molecule has 0 saturated heterocycles. The van der Waals surface area contributed by atoms with Gasteiger partial charge in [-0.1, -0.05) is 17.7 Å². The summed E-state index contributed by atoms with van der Waals surface area (Å²) in [7, 11) is -3.94. The van der Waals surface area contributed by atoms with Gasteiger partial charge < -0.3 is 4.74 Å². The van der Waals surface area contributed by atoms with Gasteiger partial charge in [0.1, 0.15) is 0 Å². The predicted octanol–water partition coefficient (Wildman–Crippen LogP) is 1.65. The normalized spacial score (nSPS) is 13.1. The molecule has 1 unspecified atom stereocenters. The van der Waals surface area contributed by atoms with E-state index in [0.29, 0.717) is 0 Å². The van der Waals surface area contributed by atoms with Crippen molar-refractivity contribution in [2.45, 2.75) is 31.8 Å². The van der Waals surface area contributed by atoms with Crippen LogP contribution in [-0.2, 0) is 23.8 Å². The second kappa shape index (κ2) is 5.97. The van der Waals surface area contributed by atoms with Gasteiger partial charge in [-0.25, -0.2) is 4.79 Å². The van der Waals surface area contributed by atoms with Crippen LogP contribution in [0.3, 0.4) is 0 Å². The van der Waals surface area contributed by atoms with Crippen LogP contribution < -0.4 is 0 Å². The van der Waals surface area contributed by atoms with E-state index in [9.17, 15) is 13.2 Å². The number of hydrogen-bond donors (Lipinski definition) is 0.